The monoisotopic (exact) mass is 431 g/mol. The van der Waals surface area contributed by atoms with Crippen LogP contribution in [0.5, 0.6) is 0 Å². The largest absolute Gasteiger partial charge is 0.456 e. The van der Waals surface area contributed by atoms with E-state index in [-0.39, 0.29) is 16.8 Å². The van der Waals surface area contributed by atoms with Crippen molar-refractivity contribution in [1.29, 1.82) is 0 Å². The van der Waals surface area contributed by atoms with Crippen molar-refractivity contribution < 1.29 is 9.21 Å². The highest BCUT2D eigenvalue weighted by molar-refractivity contribution is 6.31. The lowest BCUT2D eigenvalue weighted by molar-refractivity contribution is 0.102. The lowest BCUT2D eigenvalue weighted by Gasteiger charge is -2.19. The van der Waals surface area contributed by atoms with E-state index >= 15 is 0 Å². The summed E-state index contributed by atoms with van der Waals surface area (Å²) in [6.45, 7) is 6.45. The highest BCUT2D eigenvalue weighted by Gasteiger charge is 2.14. The Morgan fingerprint density at radius 1 is 0.935 bits per heavy atom. The Labute approximate surface area is 185 Å². The Morgan fingerprint density at radius 3 is 2.35 bits per heavy atom. The zero-order valence-electron chi connectivity index (χ0n) is 17.5. The fourth-order valence-electron chi connectivity index (χ4n) is 3.34. The van der Waals surface area contributed by atoms with E-state index in [0.29, 0.717) is 33.0 Å². The smallest absolute Gasteiger partial charge is 0.255 e. The highest BCUT2D eigenvalue weighted by Crippen LogP contribution is 2.28. The van der Waals surface area contributed by atoms with E-state index in [1.54, 1.807) is 42.5 Å². The van der Waals surface area contributed by atoms with E-state index in [2.05, 4.69) is 26.1 Å². The summed E-state index contributed by atoms with van der Waals surface area (Å²) in [4.78, 5) is 25.1. The molecule has 5 heteroatoms. The van der Waals surface area contributed by atoms with Crippen LogP contribution in [0.25, 0.3) is 22.3 Å². The maximum atomic E-state index is 12.6. The minimum atomic E-state index is -0.293. The second-order valence-electron chi connectivity index (χ2n) is 8.48. The summed E-state index contributed by atoms with van der Waals surface area (Å²) in [7, 11) is 0. The molecular formula is C26H22ClNO3. The lowest BCUT2D eigenvalue weighted by atomic mass is 9.86. The molecule has 1 N–H and O–H groups in total. The zero-order valence-corrected chi connectivity index (χ0v) is 18.3. The molecule has 0 unspecified atom stereocenters. The third-order valence-electron chi connectivity index (χ3n) is 5.11. The lowest BCUT2D eigenvalue weighted by Crippen LogP contribution is -2.12. The van der Waals surface area contributed by atoms with Crippen molar-refractivity contribution in [2.75, 3.05) is 5.32 Å². The molecule has 0 bridgehead atoms. The molecule has 0 aliphatic carbocycles. The number of benzene rings is 3. The summed E-state index contributed by atoms with van der Waals surface area (Å²) in [5, 5.41) is 3.76. The van der Waals surface area contributed by atoms with E-state index < -0.39 is 0 Å². The summed E-state index contributed by atoms with van der Waals surface area (Å²) in [6, 6.07) is 21.2. The van der Waals surface area contributed by atoms with Gasteiger partial charge in [0.15, 0.2) is 5.43 Å². The Hall–Kier alpha value is -3.37. The van der Waals surface area contributed by atoms with Gasteiger partial charge in [-0.05, 0) is 41.3 Å². The topological polar surface area (TPSA) is 59.3 Å². The Kier molecular flexibility index (Phi) is 5.42. The SMILES string of the molecule is CC(C)(C)c1ccc(-c2cc(=O)c3ccc(NC(=O)c4cccc(Cl)c4)cc3o2)cc1. The van der Waals surface area contributed by atoms with Gasteiger partial charge in [-0.2, -0.15) is 0 Å². The number of carbonyl (C=O) groups excluding carboxylic acids is 1. The highest BCUT2D eigenvalue weighted by atomic mass is 35.5. The molecule has 1 aromatic heterocycles. The van der Waals surface area contributed by atoms with Crippen molar-refractivity contribution in [2.45, 2.75) is 26.2 Å². The van der Waals surface area contributed by atoms with Crippen molar-refractivity contribution in [3.63, 3.8) is 0 Å². The molecule has 4 aromatic rings. The van der Waals surface area contributed by atoms with E-state index in [4.69, 9.17) is 16.0 Å². The number of hydrogen-bond donors (Lipinski definition) is 1. The number of hydrogen-bond acceptors (Lipinski definition) is 3. The molecule has 0 atom stereocenters. The van der Waals surface area contributed by atoms with Crippen LogP contribution in [0.15, 0.2) is 82.0 Å². The van der Waals surface area contributed by atoms with E-state index in [0.717, 1.165) is 5.56 Å². The van der Waals surface area contributed by atoms with Gasteiger partial charge >= 0.3 is 0 Å². The third-order valence-corrected chi connectivity index (χ3v) is 5.34. The number of rotatable bonds is 3. The minimum absolute atomic E-state index is 0.0405. The van der Waals surface area contributed by atoms with Gasteiger partial charge in [-0.1, -0.05) is 62.7 Å². The molecule has 0 saturated heterocycles. The molecule has 0 saturated carbocycles. The van der Waals surface area contributed by atoms with Crippen LogP contribution in [-0.2, 0) is 5.41 Å². The maximum absolute atomic E-state index is 12.6. The van der Waals surface area contributed by atoms with Crippen molar-refractivity contribution in [3.8, 4) is 11.3 Å². The number of amides is 1. The van der Waals surface area contributed by atoms with E-state index in [1.165, 1.54) is 11.6 Å². The van der Waals surface area contributed by atoms with Gasteiger partial charge in [0.1, 0.15) is 11.3 Å². The van der Waals surface area contributed by atoms with Crippen LogP contribution in [0.1, 0.15) is 36.7 Å². The first kappa shape index (κ1) is 20.9. The third kappa shape index (κ3) is 4.54. The van der Waals surface area contributed by atoms with Gasteiger partial charge in [-0.25, -0.2) is 0 Å². The summed E-state index contributed by atoms with van der Waals surface area (Å²) < 4.78 is 6.03. The number of carbonyl (C=O) groups is 1. The van der Waals surface area contributed by atoms with Crippen molar-refractivity contribution in [2.24, 2.45) is 0 Å². The van der Waals surface area contributed by atoms with Crippen LogP contribution in [-0.4, -0.2) is 5.91 Å². The summed E-state index contributed by atoms with van der Waals surface area (Å²) >= 11 is 5.97. The molecule has 1 heterocycles. The van der Waals surface area contributed by atoms with Crippen LogP contribution in [0.3, 0.4) is 0 Å². The van der Waals surface area contributed by atoms with Crippen molar-refractivity contribution >= 4 is 34.2 Å². The van der Waals surface area contributed by atoms with E-state index in [1.807, 2.05) is 24.3 Å². The van der Waals surface area contributed by atoms with E-state index in [9.17, 15) is 9.59 Å². The van der Waals surface area contributed by atoms with Gasteiger partial charge in [-0.3, -0.25) is 9.59 Å². The minimum Gasteiger partial charge on any atom is -0.456 e. The molecule has 0 radical (unpaired) electrons. The number of anilines is 1. The first-order valence-electron chi connectivity index (χ1n) is 9.96. The molecule has 4 rings (SSSR count). The summed E-state index contributed by atoms with van der Waals surface area (Å²) in [5.41, 5.74) is 3.31. The fourth-order valence-corrected chi connectivity index (χ4v) is 3.53. The van der Waals surface area contributed by atoms with Gasteiger partial charge in [0.05, 0.1) is 5.39 Å². The Morgan fingerprint density at radius 2 is 1.68 bits per heavy atom. The second kappa shape index (κ2) is 8.05. The molecule has 0 aliphatic rings. The predicted molar refractivity (Wildman–Crippen MR) is 126 cm³/mol. The zero-order chi connectivity index (χ0) is 22.2. The fraction of sp³-hybridized carbons (Fsp3) is 0.154. The van der Waals surface area contributed by atoms with Crippen molar-refractivity contribution in [1.82, 2.24) is 0 Å². The molecule has 0 fully saturated rings. The maximum Gasteiger partial charge on any atom is 0.255 e. The Balaban J connectivity index is 1.68. The van der Waals surface area contributed by atoms with Gasteiger partial charge in [0.25, 0.3) is 5.91 Å². The van der Waals surface area contributed by atoms with Gasteiger partial charge in [-0.15, -0.1) is 0 Å². The number of halogens is 1. The summed E-state index contributed by atoms with van der Waals surface area (Å²) in [6.07, 6.45) is 0. The van der Waals surface area contributed by atoms with Crippen LogP contribution in [0, 0.1) is 0 Å². The molecule has 0 spiro atoms. The summed E-state index contributed by atoms with van der Waals surface area (Å²) in [5.74, 6) is 0.189. The quantitative estimate of drug-likeness (QED) is 0.394. The van der Waals surface area contributed by atoms with Crippen LogP contribution in [0.4, 0.5) is 5.69 Å². The predicted octanol–water partition coefficient (Wildman–Crippen LogP) is 6.66. The van der Waals surface area contributed by atoms with Crippen molar-refractivity contribution in [3.05, 3.63) is 99.2 Å². The first-order valence-corrected chi connectivity index (χ1v) is 10.3. The van der Waals surface area contributed by atoms with Crippen LogP contribution in [0.2, 0.25) is 5.02 Å². The van der Waals surface area contributed by atoms with Crippen LogP contribution >= 0.6 is 11.6 Å². The van der Waals surface area contributed by atoms with Crippen LogP contribution < -0.4 is 10.7 Å². The second-order valence-corrected chi connectivity index (χ2v) is 8.91. The molecule has 156 valence electrons. The number of fused-ring (bicyclic) bond motifs is 1. The van der Waals surface area contributed by atoms with Gasteiger partial charge in [0, 0.05) is 34.0 Å². The van der Waals surface area contributed by atoms with Gasteiger partial charge < -0.3 is 9.73 Å². The molecular weight excluding hydrogens is 410 g/mol. The normalized spacial score (nSPS) is 11.5. The number of nitrogens with one attached hydrogen (secondary N) is 1. The molecule has 3 aromatic carbocycles. The average Bonchev–Trinajstić information content (AvgIpc) is 2.73. The first-order chi connectivity index (χ1) is 14.7. The standard InChI is InChI=1S/C26H22ClNO3/c1-26(2,3)18-9-7-16(8-10-18)23-15-22(29)21-12-11-20(14-24(21)31-23)28-25(30)17-5-4-6-19(27)13-17/h4-15H,1-3H3,(H,28,30). The molecule has 4 nitrogen and oxygen atoms in total. The Bertz CT molecular complexity index is 1330. The molecule has 1 amide bonds. The molecule has 0 aliphatic heterocycles. The average molecular weight is 432 g/mol. The van der Waals surface area contributed by atoms with Gasteiger partial charge in [0.2, 0.25) is 0 Å². The molecule has 31 heavy (non-hydrogen) atoms.